The predicted octanol–water partition coefficient (Wildman–Crippen LogP) is 4.03. The molecule has 0 bridgehead atoms. The highest BCUT2D eigenvalue weighted by Crippen LogP contribution is 2.19. The molecule has 7 heteroatoms. The van der Waals surface area contributed by atoms with Crippen LogP contribution in [0.1, 0.15) is 21.3 Å². The number of aromatic nitrogens is 1. The summed E-state index contributed by atoms with van der Waals surface area (Å²) < 4.78 is 5.82. The lowest BCUT2D eigenvalue weighted by Crippen LogP contribution is -2.37. The maximum absolute atomic E-state index is 5.82. The number of nitrogens with zero attached hydrogens (tertiary/aromatic N) is 2. The zero-order valence-corrected chi connectivity index (χ0v) is 17.8. The van der Waals surface area contributed by atoms with Gasteiger partial charge in [-0.1, -0.05) is 18.2 Å². The van der Waals surface area contributed by atoms with Crippen molar-refractivity contribution in [2.24, 2.45) is 4.99 Å². The van der Waals surface area contributed by atoms with E-state index >= 15 is 0 Å². The monoisotopic (exact) mass is 470 g/mol. The van der Waals surface area contributed by atoms with Crippen LogP contribution in [-0.2, 0) is 13.0 Å². The third kappa shape index (κ3) is 5.18. The number of aryl methyl sites for hydroxylation is 2. The molecule has 5 nitrogen and oxygen atoms in total. The minimum Gasteiger partial charge on any atom is -0.461 e. The summed E-state index contributed by atoms with van der Waals surface area (Å²) >= 11 is 1.72. The number of hydrogen-bond donors (Lipinski definition) is 2. The standard InChI is InChI=1S/C18H22N4OS.HI/c1-12-13(2)24-17(22-12)11-21-18(19-3)20-9-8-15-10-14-6-4-5-7-16(14)23-15;/h4-7,10H,8-9,11H2,1-3H3,(H2,19,20,21);1H. The SMILES string of the molecule is CN=C(NCCc1cc2ccccc2o1)NCc1nc(C)c(C)s1.I. The van der Waals surface area contributed by atoms with Gasteiger partial charge >= 0.3 is 0 Å². The summed E-state index contributed by atoms with van der Waals surface area (Å²) in [5.41, 5.74) is 2.04. The van der Waals surface area contributed by atoms with Gasteiger partial charge in [-0.3, -0.25) is 4.99 Å². The lowest BCUT2D eigenvalue weighted by Gasteiger charge is -2.10. The molecule has 0 saturated carbocycles. The van der Waals surface area contributed by atoms with E-state index in [4.69, 9.17) is 4.42 Å². The number of furan rings is 1. The largest absolute Gasteiger partial charge is 0.461 e. The van der Waals surface area contributed by atoms with E-state index in [0.717, 1.165) is 46.4 Å². The number of benzene rings is 1. The fraction of sp³-hybridized carbons (Fsp3) is 0.333. The van der Waals surface area contributed by atoms with E-state index in [-0.39, 0.29) is 24.0 Å². The average molecular weight is 470 g/mol. The van der Waals surface area contributed by atoms with Crippen molar-refractivity contribution in [1.82, 2.24) is 15.6 Å². The molecule has 0 aliphatic carbocycles. The minimum absolute atomic E-state index is 0. The highest BCUT2D eigenvalue weighted by molar-refractivity contribution is 14.0. The first-order valence-electron chi connectivity index (χ1n) is 8.00. The van der Waals surface area contributed by atoms with Gasteiger partial charge in [-0.05, 0) is 26.0 Å². The number of halogens is 1. The van der Waals surface area contributed by atoms with Crippen LogP contribution in [0.3, 0.4) is 0 Å². The first-order valence-corrected chi connectivity index (χ1v) is 8.82. The second-order valence-electron chi connectivity index (χ2n) is 5.60. The van der Waals surface area contributed by atoms with Gasteiger partial charge in [-0.2, -0.15) is 0 Å². The number of guanidine groups is 1. The number of aliphatic imine (C=N–C) groups is 1. The lowest BCUT2D eigenvalue weighted by molar-refractivity contribution is 0.544. The molecule has 0 radical (unpaired) electrons. The van der Waals surface area contributed by atoms with Crippen LogP contribution < -0.4 is 10.6 Å². The number of thiazole rings is 1. The summed E-state index contributed by atoms with van der Waals surface area (Å²) in [6.07, 6.45) is 0.810. The van der Waals surface area contributed by atoms with Crippen molar-refractivity contribution >= 4 is 52.2 Å². The van der Waals surface area contributed by atoms with Crippen molar-refractivity contribution in [3.63, 3.8) is 0 Å². The second kappa shape index (κ2) is 9.19. The van der Waals surface area contributed by atoms with Gasteiger partial charge in [0.05, 0.1) is 12.2 Å². The van der Waals surface area contributed by atoms with Crippen molar-refractivity contribution in [1.29, 1.82) is 0 Å². The molecule has 2 aromatic heterocycles. The van der Waals surface area contributed by atoms with Crippen molar-refractivity contribution in [3.8, 4) is 0 Å². The summed E-state index contributed by atoms with van der Waals surface area (Å²) in [5.74, 6) is 1.75. The minimum atomic E-state index is 0. The summed E-state index contributed by atoms with van der Waals surface area (Å²) in [7, 11) is 1.77. The van der Waals surface area contributed by atoms with Gasteiger partial charge in [0.1, 0.15) is 16.4 Å². The van der Waals surface area contributed by atoms with Gasteiger partial charge < -0.3 is 15.1 Å². The Morgan fingerprint density at radius 3 is 2.72 bits per heavy atom. The number of hydrogen-bond acceptors (Lipinski definition) is 4. The third-order valence-corrected chi connectivity index (χ3v) is 4.92. The van der Waals surface area contributed by atoms with Crippen LogP contribution in [0.15, 0.2) is 39.7 Å². The van der Waals surface area contributed by atoms with E-state index in [1.54, 1.807) is 18.4 Å². The summed E-state index contributed by atoms with van der Waals surface area (Å²) in [5, 5.41) is 8.82. The fourth-order valence-corrected chi connectivity index (χ4v) is 3.33. The Balaban J connectivity index is 0.00000225. The van der Waals surface area contributed by atoms with Gasteiger partial charge in [-0.15, -0.1) is 35.3 Å². The molecule has 0 unspecified atom stereocenters. The van der Waals surface area contributed by atoms with Crippen molar-refractivity contribution < 1.29 is 4.42 Å². The molecule has 3 rings (SSSR count). The smallest absolute Gasteiger partial charge is 0.191 e. The van der Waals surface area contributed by atoms with E-state index in [2.05, 4.69) is 39.7 Å². The summed E-state index contributed by atoms with van der Waals surface area (Å²) in [4.78, 5) is 10.0. The van der Waals surface area contributed by atoms with Gasteiger partial charge in [0, 0.05) is 30.3 Å². The molecule has 1 aromatic carbocycles. The maximum atomic E-state index is 5.82. The molecule has 0 amide bonds. The molecular formula is C18H23IN4OS. The van der Waals surface area contributed by atoms with Crippen LogP contribution in [0.25, 0.3) is 11.0 Å². The highest BCUT2D eigenvalue weighted by atomic mass is 127. The van der Waals surface area contributed by atoms with Gasteiger partial charge in [-0.25, -0.2) is 4.98 Å². The average Bonchev–Trinajstić information content (AvgIpc) is 3.13. The van der Waals surface area contributed by atoms with Gasteiger partial charge in [0.15, 0.2) is 5.96 Å². The topological polar surface area (TPSA) is 62.5 Å². The molecule has 0 aliphatic rings. The van der Waals surface area contributed by atoms with E-state index < -0.39 is 0 Å². The van der Waals surface area contributed by atoms with Crippen molar-refractivity contribution in [2.75, 3.05) is 13.6 Å². The van der Waals surface area contributed by atoms with E-state index in [9.17, 15) is 0 Å². The molecular weight excluding hydrogens is 447 g/mol. The molecule has 0 atom stereocenters. The molecule has 3 aromatic rings. The molecule has 0 fully saturated rings. The Morgan fingerprint density at radius 1 is 1.24 bits per heavy atom. The number of rotatable bonds is 5. The first kappa shape index (κ1) is 19.7. The molecule has 2 N–H and O–H groups in total. The van der Waals surface area contributed by atoms with Gasteiger partial charge in [0.25, 0.3) is 0 Å². The van der Waals surface area contributed by atoms with E-state index in [1.165, 1.54) is 4.88 Å². The Bertz CT molecular complexity index is 803. The lowest BCUT2D eigenvalue weighted by atomic mass is 10.2. The Morgan fingerprint density at radius 2 is 2.04 bits per heavy atom. The van der Waals surface area contributed by atoms with Crippen LogP contribution in [0.5, 0.6) is 0 Å². The Labute approximate surface area is 169 Å². The Hall–Kier alpha value is -1.61. The zero-order valence-electron chi connectivity index (χ0n) is 14.6. The number of para-hydroxylation sites is 1. The Kier molecular flexibility index (Phi) is 7.24. The van der Waals surface area contributed by atoms with Crippen LogP contribution in [0, 0.1) is 13.8 Å². The van der Waals surface area contributed by atoms with Crippen molar-refractivity contribution in [3.05, 3.63) is 51.7 Å². The maximum Gasteiger partial charge on any atom is 0.191 e. The van der Waals surface area contributed by atoms with E-state index in [1.807, 2.05) is 25.1 Å². The van der Waals surface area contributed by atoms with Gasteiger partial charge in [0.2, 0.25) is 0 Å². The molecule has 0 aliphatic heterocycles. The fourth-order valence-electron chi connectivity index (χ4n) is 2.46. The van der Waals surface area contributed by atoms with Crippen LogP contribution in [0.4, 0.5) is 0 Å². The van der Waals surface area contributed by atoms with Crippen molar-refractivity contribution in [2.45, 2.75) is 26.8 Å². The second-order valence-corrected chi connectivity index (χ2v) is 6.89. The first-order chi connectivity index (χ1) is 11.7. The molecule has 25 heavy (non-hydrogen) atoms. The number of fused-ring (bicyclic) bond motifs is 1. The van der Waals surface area contributed by atoms with Crippen LogP contribution >= 0.6 is 35.3 Å². The molecule has 0 spiro atoms. The molecule has 2 heterocycles. The predicted molar refractivity (Wildman–Crippen MR) is 115 cm³/mol. The number of nitrogens with one attached hydrogen (secondary N) is 2. The molecule has 0 saturated heterocycles. The van der Waals surface area contributed by atoms with Crippen LogP contribution in [-0.4, -0.2) is 24.5 Å². The molecule has 134 valence electrons. The summed E-state index contributed by atoms with van der Waals surface area (Å²) in [6, 6.07) is 10.2. The quantitative estimate of drug-likeness (QED) is 0.336. The highest BCUT2D eigenvalue weighted by Gasteiger charge is 2.06. The third-order valence-electron chi connectivity index (χ3n) is 3.84. The zero-order chi connectivity index (χ0) is 16.9. The van der Waals surface area contributed by atoms with E-state index in [0.29, 0.717) is 6.54 Å². The normalized spacial score (nSPS) is 11.4. The van der Waals surface area contributed by atoms with Crippen LogP contribution in [0.2, 0.25) is 0 Å². The summed E-state index contributed by atoms with van der Waals surface area (Å²) in [6.45, 7) is 5.58.